The second-order valence-electron chi connectivity index (χ2n) is 7.82. The molecule has 173 valence electrons. The summed E-state index contributed by atoms with van der Waals surface area (Å²) < 4.78 is 0. The number of unbranched alkanes of at least 4 members (excludes halogenated alkanes) is 1. The molecule has 11 nitrogen and oxygen atoms in total. The minimum Gasteiger partial charge on any atom is -0.347 e. The molecule has 31 heavy (non-hydrogen) atoms. The molecule has 11 heteroatoms. The van der Waals surface area contributed by atoms with Gasteiger partial charge in [-0.1, -0.05) is 0 Å². The van der Waals surface area contributed by atoms with E-state index in [9.17, 15) is 24.0 Å². The van der Waals surface area contributed by atoms with E-state index in [0.29, 0.717) is 38.8 Å². The highest BCUT2D eigenvalue weighted by Crippen LogP contribution is 2.20. The predicted molar refractivity (Wildman–Crippen MR) is 112 cm³/mol. The van der Waals surface area contributed by atoms with Crippen LogP contribution in [0.2, 0.25) is 0 Å². The van der Waals surface area contributed by atoms with Crippen molar-refractivity contribution in [2.45, 2.75) is 63.1 Å². The molecule has 2 aliphatic heterocycles. The number of nitrogens with zero attached hydrogens (tertiary/aromatic N) is 1. The van der Waals surface area contributed by atoms with E-state index in [0.717, 1.165) is 25.8 Å². The number of rotatable bonds is 12. The number of likely N-dealkylation sites (tertiary alicyclic amines) is 1. The SMILES string of the molecule is NCCCC[C@H](NC(=O)CNC(=O)[C@@H]1CCCN1C(=O)[C@@H]1CCCN1)C(=O)NC[C]=O. The fourth-order valence-electron chi connectivity index (χ4n) is 3.94. The van der Waals surface area contributed by atoms with Gasteiger partial charge in [0.05, 0.1) is 19.1 Å². The Morgan fingerprint density at radius 1 is 1.13 bits per heavy atom. The van der Waals surface area contributed by atoms with Gasteiger partial charge in [0.15, 0.2) is 0 Å². The van der Waals surface area contributed by atoms with Crippen LogP contribution in [0.3, 0.4) is 0 Å². The molecule has 6 N–H and O–H groups in total. The van der Waals surface area contributed by atoms with Gasteiger partial charge in [0.1, 0.15) is 12.1 Å². The van der Waals surface area contributed by atoms with Crippen LogP contribution in [-0.4, -0.2) is 85.7 Å². The van der Waals surface area contributed by atoms with Gasteiger partial charge in [-0.25, -0.2) is 0 Å². The second-order valence-corrected chi connectivity index (χ2v) is 7.82. The summed E-state index contributed by atoms with van der Waals surface area (Å²) in [6, 6.07) is -1.66. The highest BCUT2D eigenvalue weighted by molar-refractivity contribution is 5.93. The third-order valence-corrected chi connectivity index (χ3v) is 5.55. The van der Waals surface area contributed by atoms with Crippen LogP contribution in [0.1, 0.15) is 44.9 Å². The average molecular weight is 438 g/mol. The normalized spacial score (nSPS) is 21.4. The third kappa shape index (κ3) is 7.59. The van der Waals surface area contributed by atoms with E-state index in [1.165, 1.54) is 0 Å². The molecule has 0 aliphatic carbocycles. The molecule has 2 aliphatic rings. The van der Waals surface area contributed by atoms with Crippen LogP contribution in [0.4, 0.5) is 0 Å². The van der Waals surface area contributed by atoms with Gasteiger partial charge in [0.2, 0.25) is 29.9 Å². The van der Waals surface area contributed by atoms with Crippen LogP contribution < -0.4 is 27.0 Å². The minimum atomic E-state index is -0.831. The molecule has 0 saturated carbocycles. The number of hydrogen-bond donors (Lipinski definition) is 5. The van der Waals surface area contributed by atoms with E-state index in [-0.39, 0.29) is 30.9 Å². The Bertz CT molecular complexity index is 652. The maximum absolute atomic E-state index is 12.7. The first kappa shape index (κ1) is 24.7. The number of amides is 4. The summed E-state index contributed by atoms with van der Waals surface area (Å²) in [6.07, 6.45) is 6.24. The lowest BCUT2D eigenvalue weighted by Gasteiger charge is -2.26. The van der Waals surface area contributed by atoms with Gasteiger partial charge in [0, 0.05) is 6.54 Å². The minimum absolute atomic E-state index is 0.0665. The number of carbonyl (C=O) groups excluding carboxylic acids is 5. The molecule has 0 aromatic rings. The number of carbonyl (C=O) groups is 4. The van der Waals surface area contributed by atoms with Crippen LogP contribution >= 0.6 is 0 Å². The first-order chi connectivity index (χ1) is 15.0. The molecule has 0 spiro atoms. The maximum atomic E-state index is 12.7. The van der Waals surface area contributed by atoms with E-state index in [2.05, 4.69) is 21.3 Å². The van der Waals surface area contributed by atoms with E-state index >= 15 is 0 Å². The fraction of sp³-hybridized carbons (Fsp3) is 0.750. The average Bonchev–Trinajstić information content (AvgIpc) is 3.47. The lowest BCUT2D eigenvalue weighted by Crippen LogP contribution is -2.53. The summed E-state index contributed by atoms with van der Waals surface area (Å²) in [4.78, 5) is 61.7. The standard InChI is InChI=1S/C20H33N6O5/c21-8-2-1-5-14(18(29)23-10-12-27)25-17(28)13-24-19(30)16-7-4-11-26(16)20(31)15-6-3-9-22-15/h14-16,22H,1-11,13,21H2,(H,23,29)(H,24,30)(H,25,28)/t14-,15-,16-/m0/s1. The van der Waals surface area contributed by atoms with Gasteiger partial charge in [-0.2, -0.15) is 0 Å². The molecule has 2 saturated heterocycles. The Labute approximate surface area is 182 Å². The summed E-state index contributed by atoms with van der Waals surface area (Å²) >= 11 is 0. The quantitative estimate of drug-likeness (QED) is 0.214. The van der Waals surface area contributed by atoms with Crippen molar-refractivity contribution in [3.8, 4) is 0 Å². The summed E-state index contributed by atoms with van der Waals surface area (Å²) in [6.45, 7) is 1.22. The van der Waals surface area contributed by atoms with Crippen molar-refractivity contribution in [3.05, 3.63) is 0 Å². The van der Waals surface area contributed by atoms with Gasteiger partial charge in [-0.3, -0.25) is 24.0 Å². The molecule has 0 aromatic carbocycles. The number of nitrogens with two attached hydrogens (primary N) is 1. The zero-order valence-corrected chi connectivity index (χ0v) is 17.8. The van der Waals surface area contributed by atoms with E-state index in [1.807, 2.05) is 0 Å². The van der Waals surface area contributed by atoms with Gasteiger partial charge < -0.3 is 31.9 Å². The summed E-state index contributed by atoms with van der Waals surface area (Å²) in [5, 5.41) is 10.7. The Hall–Kier alpha value is -2.53. The first-order valence-electron chi connectivity index (χ1n) is 10.9. The van der Waals surface area contributed by atoms with Crippen LogP contribution in [-0.2, 0) is 24.0 Å². The summed E-state index contributed by atoms with van der Waals surface area (Å²) in [7, 11) is 0. The van der Waals surface area contributed by atoms with Crippen molar-refractivity contribution in [2.75, 3.05) is 32.7 Å². The molecule has 0 bridgehead atoms. The van der Waals surface area contributed by atoms with Gasteiger partial charge in [-0.05, 0) is 58.0 Å². The number of nitrogens with one attached hydrogen (secondary N) is 4. The molecule has 1 radical (unpaired) electrons. The first-order valence-corrected chi connectivity index (χ1v) is 10.9. The Kier molecular flexibility index (Phi) is 10.4. The highest BCUT2D eigenvalue weighted by atomic mass is 16.2. The molecule has 3 atom stereocenters. The molecule has 4 amide bonds. The maximum Gasteiger partial charge on any atom is 0.243 e. The van der Waals surface area contributed by atoms with E-state index in [1.54, 1.807) is 11.2 Å². The van der Waals surface area contributed by atoms with Gasteiger partial charge in [-0.15, -0.1) is 0 Å². The topological polar surface area (TPSA) is 163 Å². The lowest BCUT2D eigenvalue weighted by molar-refractivity contribution is -0.140. The molecule has 0 aromatic heterocycles. The predicted octanol–water partition coefficient (Wildman–Crippen LogP) is -2.31. The van der Waals surface area contributed by atoms with Gasteiger partial charge >= 0.3 is 0 Å². The molecule has 2 rings (SSSR count). The van der Waals surface area contributed by atoms with Crippen molar-refractivity contribution >= 4 is 29.9 Å². The number of hydrogen-bond acceptors (Lipinski definition) is 7. The van der Waals surface area contributed by atoms with Crippen LogP contribution in [0.25, 0.3) is 0 Å². The van der Waals surface area contributed by atoms with Crippen LogP contribution in [0.5, 0.6) is 0 Å². The molecular formula is C20H33N6O5. The molecule has 0 unspecified atom stereocenters. The van der Waals surface area contributed by atoms with E-state index < -0.39 is 23.9 Å². The van der Waals surface area contributed by atoms with Crippen LogP contribution in [0.15, 0.2) is 0 Å². The van der Waals surface area contributed by atoms with Crippen molar-refractivity contribution in [1.82, 2.24) is 26.2 Å². The Morgan fingerprint density at radius 3 is 2.61 bits per heavy atom. The van der Waals surface area contributed by atoms with Gasteiger partial charge in [0.25, 0.3) is 0 Å². The molecule has 2 fully saturated rings. The smallest absolute Gasteiger partial charge is 0.243 e. The van der Waals surface area contributed by atoms with Crippen molar-refractivity contribution in [3.63, 3.8) is 0 Å². The monoisotopic (exact) mass is 437 g/mol. The third-order valence-electron chi connectivity index (χ3n) is 5.55. The Balaban J connectivity index is 1.84. The van der Waals surface area contributed by atoms with Crippen molar-refractivity contribution in [1.29, 1.82) is 0 Å². The highest BCUT2D eigenvalue weighted by Gasteiger charge is 2.37. The lowest BCUT2D eigenvalue weighted by atomic mass is 10.1. The molecule has 2 heterocycles. The zero-order chi connectivity index (χ0) is 22.6. The van der Waals surface area contributed by atoms with E-state index in [4.69, 9.17) is 5.73 Å². The molecular weight excluding hydrogens is 404 g/mol. The fourth-order valence-corrected chi connectivity index (χ4v) is 3.94. The zero-order valence-electron chi connectivity index (χ0n) is 17.8. The Morgan fingerprint density at radius 2 is 1.94 bits per heavy atom. The van der Waals surface area contributed by atoms with Crippen LogP contribution in [0, 0.1) is 0 Å². The largest absolute Gasteiger partial charge is 0.347 e. The summed E-state index contributed by atoms with van der Waals surface area (Å²) in [5.41, 5.74) is 5.47. The summed E-state index contributed by atoms with van der Waals surface area (Å²) in [5.74, 6) is -1.46. The second kappa shape index (κ2) is 13.0. The van der Waals surface area contributed by atoms with Crippen molar-refractivity contribution in [2.24, 2.45) is 5.73 Å². The van der Waals surface area contributed by atoms with Crippen molar-refractivity contribution < 1.29 is 24.0 Å².